The number of thiophene rings is 1. The molecule has 3 heterocycles. The molecule has 0 atom stereocenters. The van der Waals surface area contributed by atoms with Crippen molar-refractivity contribution in [2.24, 2.45) is 0 Å². The third-order valence-corrected chi connectivity index (χ3v) is 5.21. The highest BCUT2D eigenvalue weighted by molar-refractivity contribution is 7.20. The van der Waals surface area contributed by atoms with E-state index in [1.165, 1.54) is 6.07 Å². The van der Waals surface area contributed by atoms with Crippen LogP contribution in [0.1, 0.15) is 20.8 Å². The largest absolute Gasteiger partial charge is 0.457 e. The highest BCUT2D eigenvalue weighted by Crippen LogP contribution is 2.21. The van der Waals surface area contributed by atoms with E-state index >= 15 is 0 Å². The van der Waals surface area contributed by atoms with Crippen LogP contribution in [0.25, 0.3) is 10.2 Å². The van der Waals surface area contributed by atoms with E-state index in [4.69, 9.17) is 4.74 Å². The predicted octanol–water partition coefficient (Wildman–Crippen LogP) is 2.55. The summed E-state index contributed by atoms with van der Waals surface area (Å²) in [6, 6.07) is 14.2. The van der Waals surface area contributed by atoms with Crippen molar-refractivity contribution in [1.82, 2.24) is 14.5 Å². The predicted molar refractivity (Wildman–Crippen MR) is 106 cm³/mol. The number of esters is 1. The first kappa shape index (κ1) is 17.9. The van der Waals surface area contributed by atoms with Crippen LogP contribution in [-0.2, 0) is 17.9 Å². The zero-order valence-electron chi connectivity index (χ0n) is 14.6. The maximum absolute atomic E-state index is 12.8. The quantitative estimate of drug-likeness (QED) is 0.526. The lowest BCUT2D eigenvalue weighted by molar-refractivity contribution is 0.0478. The van der Waals surface area contributed by atoms with Crippen molar-refractivity contribution in [1.29, 1.82) is 0 Å². The molecule has 0 amide bonds. The first-order valence-corrected chi connectivity index (χ1v) is 9.30. The van der Waals surface area contributed by atoms with Crippen molar-refractivity contribution in [3.8, 4) is 0 Å². The molecule has 1 aromatic carbocycles. The van der Waals surface area contributed by atoms with Gasteiger partial charge < -0.3 is 4.74 Å². The molecule has 0 bridgehead atoms. The van der Waals surface area contributed by atoms with Crippen LogP contribution in [0, 0.1) is 0 Å². The lowest BCUT2D eigenvalue weighted by atomic mass is 10.2. The SMILES string of the molecule is O=C(OCc1ccncc1)c1cc2c(=O)n(Cc3ccccc3)c(=O)[nH]c2s1. The zero-order chi connectivity index (χ0) is 19.5. The smallest absolute Gasteiger partial charge is 0.348 e. The molecular formula is C20H15N3O4S. The number of rotatable bonds is 5. The van der Waals surface area contributed by atoms with E-state index in [1.54, 1.807) is 24.5 Å². The third kappa shape index (κ3) is 3.63. The van der Waals surface area contributed by atoms with E-state index in [2.05, 4.69) is 9.97 Å². The number of benzene rings is 1. The number of ether oxygens (including phenoxy) is 1. The monoisotopic (exact) mass is 393 g/mol. The van der Waals surface area contributed by atoms with Gasteiger partial charge in [-0.1, -0.05) is 30.3 Å². The van der Waals surface area contributed by atoms with E-state index in [9.17, 15) is 14.4 Å². The Morgan fingerprint density at radius 1 is 1.07 bits per heavy atom. The van der Waals surface area contributed by atoms with Gasteiger partial charge in [0.1, 0.15) is 16.3 Å². The van der Waals surface area contributed by atoms with Crippen LogP contribution in [0.2, 0.25) is 0 Å². The molecule has 28 heavy (non-hydrogen) atoms. The van der Waals surface area contributed by atoms with Gasteiger partial charge in [-0.15, -0.1) is 11.3 Å². The van der Waals surface area contributed by atoms with Gasteiger partial charge in [-0.05, 0) is 29.3 Å². The van der Waals surface area contributed by atoms with Gasteiger partial charge in [-0.3, -0.25) is 19.3 Å². The van der Waals surface area contributed by atoms with Crippen molar-refractivity contribution in [3.63, 3.8) is 0 Å². The van der Waals surface area contributed by atoms with Gasteiger partial charge in [0.2, 0.25) is 0 Å². The lowest BCUT2D eigenvalue weighted by Gasteiger charge is -2.04. The zero-order valence-corrected chi connectivity index (χ0v) is 15.4. The van der Waals surface area contributed by atoms with Crippen LogP contribution < -0.4 is 11.2 Å². The average molecular weight is 393 g/mol. The van der Waals surface area contributed by atoms with Crippen molar-refractivity contribution < 1.29 is 9.53 Å². The molecule has 4 rings (SSSR count). The molecule has 0 fully saturated rings. The molecule has 0 spiro atoms. The normalized spacial score (nSPS) is 10.9. The molecule has 0 saturated carbocycles. The fraction of sp³-hybridized carbons (Fsp3) is 0.100. The molecule has 8 heteroatoms. The molecular weight excluding hydrogens is 378 g/mol. The minimum absolute atomic E-state index is 0.102. The Morgan fingerprint density at radius 3 is 2.57 bits per heavy atom. The summed E-state index contributed by atoms with van der Waals surface area (Å²) in [6.07, 6.45) is 3.23. The Morgan fingerprint density at radius 2 is 1.82 bits per heavy atom. The minimum atomic E-state index is -0.548. The van der Waals surface area contributed by atoms with Crippen molar-refractivity contribution in [3.05, 3.63) is 97.8 Å². The van der Waals surface area contributed by atoms with Gasteiger partial charge in [0.25, 0.3) is 5.56 Å². The lowest BCUT2D eigenvalue weighted by Crippen LogP contribution is -2.34. The highest BCUT2D eigenvalue weighted by atomic mass is 32.1. The fourth-order valence-electron chi connectivity index (χ4n) is 2.75. The highest BCUT2D eigenvalue weighted by Gasteiger charge is 2.17. The van der Waals surface area contributed by atoms with Crippen molar-refractivity contribution >= 4 is 27.5 Å². The first-order valence-electron chi connectivity index (χ1n) is 8.48. The summed E-state index contributed by atoms with van der Waals surface area (Å²) >= 11 is 1.03. The first-order chi connectivity index (χ1) is 13.6. The van der Waals surface area contributed by atoms with E-state index in [0.717, 1.165) is 27.0 Å². The van der Waals surface area contributed by atoms with Crippen LogP contribution in [0.15, 0.2) is 70.5 Å². The number of carbonyl (C=O) groups excluding carboxylic acids is 1. The summed E-state index contributed by atoms with van der Waals surface area (Å²) in [5, 5.41) is 0.288. The molecule has 0 unspecified atom stereocenters. The number of fused-ring (bicyclic) bond motifs is 1. The van der Waals surface area contributed by atoms with Gasteiger partial charge in [0.15, 0.2) is 0 Å². The fourth-order valence-corrected chi connectivity index (χ4v) is 3.69. The number of carbonyl (C=O) groups is 1. The number of hydrogen-bond donors (Lipinski definition) is 1. The summed E-state index contributed by atoms with van der Waals surface area (Å²) in [5.74, 6) is -0.548. The Labute approximate surface area is 162 Å². The topological polar surface area (TPSA) is 94.0 Å². The van der Waals surface area contributed by atoms with Gasteiger partial charge in [-0.25, -0.2) is 9.59 Å². The third-order valence-electron chi connectivity index (χ3n) is 4.18. The van der Waals surface area contributed by atoms with Crippen LogP contribution in [0.5, 0.6) is 0 Å². The number of pyridine rings is 1. The molecule has 0 radical (unpaired) electrons. The van der Waals surface area contributed by atoms with E-state index in [-0.39, 0.29) is 23.4 Å². The Balaban J connectivity index is 1.62. The maximum atomic E-state index is 12.8. The number of nitrogens with zero attached hydrogens (tertiary/aromatic N) is 2. The molecule has 0 aliphatic rings. The molecule has 7 nitrogen and oxygen atoms in total. The van der Waals surface area contributed by atoms with Crippen molar-refractivity contribution in [2.75, 3.05) is 0 Å². The van der Waals surface area contributed by atoms with E-state index < -0.39 is 17.2 Å². The molecule has 3 aromatic heterocycles. The molecule has 0 aliphatic carbocycles. The van der Waals surface area contributed by atoms with Crippen molar-refractivity contribution in [2.45, 2.75) is 13.2 Å². The number of aromatic amines is 1. The second-order valence-electron chi connectivity index (χ2n) is 6.09. The molecule has 1 N–H and O–H groups in total. The summed E-state index contributed by atoms with van der Waals surface area (Å²) in [5.41, 5.74) is 0.691. The van der Waals surface area contributed by atoms with Crippen LogP contribution >= 0.6 is 11.3 Å². The summed E-state index contributed by atoms with van der Waals surface area (Å²) in [7, 11) is 0. The van der Waals surface area contributed by atoms with Gasteiger partial charge in [-0.2, -0.15) is 0 Å². The molecule has 0 saturated heterocycles. The second kappa shape index (κ2) is 7.61. The Bertz CT molecular complexity index is 1240. The van der Waals surface area contributed by atoms with Crippen LogP contribution in [0.4, 0.5) is 0 Å². The number of hydrogen-bond acceptors (Lipinski definition) is 6. The number of H-pyrrole nitrogens is 1. The standard InChI is InChI=1S/C20H15N3O4S/c24-18-15-10-16(19(25)27-12-14-6-8-21-9-7-14)28-17(15)22-20(26)23(18)11-13-4-2-1-3-5-13/h1-10H,11-12H2,(H,22,26). The second-order valence-corrected chi connectivity index (χ2v) is 7.14. The van der Waals surface area contributed by atoms with Crippen LogP contribution in [0.3, 0.4) is 0 Å². The summed E-state index contributed by atoms with van der Waals surface area (Å²) in [4.78, 5) is 44.6. The van der Waals surface area contributed by atoms with Crippen LogP contribution in [-0.4, -0.2) is 20.5 Å². The van der Waals surface area contributed by atoms with E-state index in [0.29, 0.717) is 4.83 Å². The number of aromatic nitrogens is 3. The minimum Gasteiger partial charge on any atom is -0.457 e. The average Bonchev–Trinajstić information content (AvgIpc) is 3.15. The van der Waals surface area contributed by atoms with Gasteiger partial charge in [0.05, 0.1) is 11.9 Å². The number of nitrogens with one attached hydrogen (secondary N) is 1. The molecule has 140 valence electrons. The molecule has 0 aliphatic heterocycles. The summed E-state index contributed by atoms with van der Waals surface area (Å²) in [6.45, 7) is 0.257. The Kier molecular flexibility index (Phi) is 4.86. The summed E-state index contributed by atoms with van der Waals surface area (Å²) < 4.78 is 6.40. The molecule has 4 aromatic rings. The van der Waals surface area contributed by atoms with Gasteiger partial charge in [0, 0.05) is 12.4 Å². The van der Waals surface area contributed by atoms with E-state index in [1.807, 2.05) is 30.3 Å². The maximum Gasteiger partial charge on any atom is 0.348 e. The Hall–Kier alpha value is -3.52. The van der Waals surface area contributed by atoms with Gasteiger partial charge >= 0.3 is 11.7 Å².